The molecule has 0 aliphatic rings. The van der Waals surface area contributed by atoms with Gasteiger partial charge in [0.15, 0.2) is 5.69 Å². The maximum Gasteiger partial charge on any atom is 0.278 e. The zero-order chi connectivity index (χ0) is 15.5. The fraction of sp³-hybridized carbons (Fsp3) is 0.250. The molecule has 0 saturated heterocycles. The molecular weight excluding hydrogens is 278 g/mol. The van der Waals surface area contributed by atoms with E-state index in [1.54, 1.807) is 18.5 Å². The van der Waals surface area contributed by atoms with Gasteiger partial charge in [-0.3, -0.25) is 10.1 Å². The number of pyridine rings is 1. The molecule has 0 saturated carbocycles. The summed E-state index contributed by atoms with van der Waals surface area (Å²) in [4.78, 5) is 25.0. The van der Waals surface area contributed by atoms with Gasteiger partial charge < -0.3 is 4.40 Å². The van der Waals surface area contributed by atoms with E-state index >= 15 is 0 Å². The van der Waals surface area contributed by atoms with Crippen molar-refractivity contribution in [2.45, 2.75) is 20.3 Å². The number of nitrogens with one attached hydrogen (secondary N) is 1. The molecule has 22 heavy (non-hydrogen) atoms. The zero-order valence-corrected chi connectivity index (χ0v) is 12.5. The Bertz CT molecular complexity index is 795. The van der Waals surface area contributed by atoms with Crippen LogP contribution >= 0.6 is 0 Å². The van der Waals surface area contributed by atoms with E-state index < -0.39 is 0 Å². The van der Waals surface area contributed by atoms with E-state index in [1.165, 1.54) is 0 Å². The highest BCUT2D eigenvalue weighted by atomic mass is 16.2. The van der Waals surface area contributed by atoms with Gasteiger partial charge in [-0.2, -0.15) is 0 Å². The number of carbonyl (C=O) groups is 1. The van der Waals surface area contributed by atoms with Crippen molar-refractivity contribution in [3.05, 3.63) is 54.4 Å². The van der Waals surface area contributed by atoms with Crippen molar-refractivity contribution in [2.24, 2.45) is 5.92 Å². The summed E-state index contributed by atoms with van der Waals surface area (Å²) >= 11 is 0. The van der Waals surface area contributed by atoms with E-state index in [9.17, 15) is 4.79 Å². The van der Waals surface area contributed by atoms with Crippen LogP contribution in [0.5, 0.6) is 0 Å². The molecule has 0 radical (unpaired) electrons. The van der Waals surface area contributed by atoms with E-state index in [2.05, 4.69) is 34.1 Å². The Morgan fingerprint density at radius 2 is 2.00 bits per heavy atom. The van der Waals surface area contributed by atoms with Crippen LogP contribution in [0.4, 0.5) is 5.95 Å². The molecular formula is C16H17N5O. The van der Waals surface area contributed by atoms with Crippen molar-refractivity contribution < 1.29 is 4.79 Å². The zero-order valence-electron chi connectivity index (χ0n) is 12.5. The first kappa shape index (κ1) is 14.2. The summed E-state index contributed by atoms with van der Waals surface area (Å²) in [7, 11) is 0. The third-order valence-corrected chi connectivity index (χ3v) is 3.22. The van der Waals surface area contributed by atoms with Crippen LogP contribution in [0.2, 0.25) is 0 Å². The van der Waals surface area contributed by atoms with Crippen LogP contribution in [0.1, 0.15) is 30.2 Å². The Labute approximate surface area is 128 Å². The highest BCUT2D eigenvalue weighted by Gasteiger charge is 2.18. The average molecular weight is 295 g/mol. The lowest BCUT2D eigenvalue weighted by Crippen LogP contribution is -2.15. The monoisotopic (exact) mass is 295 g/mol. The lowest BCUT2D eigenvalue weighted by Gasteiger charge is -2.02. The van der Waals surface area contributed by atoms with Gasteiger partial charge in [-0.05, 0) is 24.1 Å². The largest absolute Gasteiger partial charge is 0.303 e. The van der Waals surface area contributed by atoms with Crippen molar-refractivity contribution >= 4 is 17.4 Å². The molecule has 0 fully saturated rings. The minimum atomic E-state index is -0.301. The van der Waals surface area contributed by atoms with Crippen LogP contribution in [0.15, 0.2) is 42.9 Å². The van der Waals surface area contributed by atoms with Gasteiger partial charge in [-0.25, -0.2) is 15.0 Å². The van der Waals surface area contributed by atoms with E-state index in [0.717, 1.165) is 17.8 Å². The maximum absolute atomic E-state index is 12.5. The number of amides is 1. The van der Waals surface area contributed by atoms with Crippen LogP contribution in [0, 0.1) is 5.92 Å². The average Bonchev–Trinajstić information content (AvgIpc) is 2.87. The van der Waals surface area contributed by atoms with Crippen LogP contribution in [0.3, 0.4) is 0 Å². The lowest BCUT2D eigenvalue weighted by molar-refractivity contribution is 0.102. The normalized spacial score (nSPS) is 11.0. The fourth-order valence-electron chi connectivity index (χ4n) is 2.30. The number of anilines is 1. The molecule has 6 nitrogen and oxygen atoms in total. The van der Waals surface area contributed by atoms with Gasteiger partial charge in [-0.1, -0.05) is 19.9 Å². The van der Waals surface area contributed by atoms with Gasteiger partial charge in [-0.15, -0.1) is 0 Å². The molecule has 6 heteroatoms. The SMILES string of the molecule is CC(C)Cc1nc(C(=O)Nc2ncccn2)c2ccccn12. The molecule has 0 aliphatic carbocycles. The second-order valence-corrected chi connectivity index (χ2v) is 5.46. The van der Waals surface area contributed by atoms with Gasteiger partial charge in [0.1, 0.15) is 5.82 Å². The summed E-state index contributed by atoms with van der Waals surface area (Å²) in [6.45, 7) is 4.25. The van der Waals surface area contributed by atoms with Crippen molar-refractivity contribution in [3.63, 3.8) is 0 Å². The van der Waals surface area contributed by atoms with Crippen LogP contribution < -0.4 is 5.32 Å². The van der Waals surface area contributed by atoms with Gasteiger partial charge in [0.25, 0.3) is 5.91 Å². The first-order chi connectivity index (χ1) is 10.6. The molecule has 0 aliphatic heterocycles. The minimum Gasteiger partial charge on any atom is -0.303 e. The lowest BCUT2D eigenvalue weighted by atomic mass is 10.1. The number of carbonyl (C=O) groups excluding carboxylic acids is 1. The van der Waals surface area contributed by atoms with E-state index in [0.29, 0.717) is 11.6 Å². The highest BCUT2D eigenvalue weighted by Crippen LogP contribution is 2.16. The van der Waals surface area contributed by atoms with Crippen molar-refractivity contribution in [1.82, 2.24) is 19.4 Å². The maximum atomic E-state index is 12.5. The summed E-state index contributed by atoms with van der Waals surface area (Å²) in [6, 6.07) is 7.41. The summed E-state index contributed by atoms with van der Waals surface area (Å²) in [5.41, 5.74) is 1.18. The van der Waals surface area contributed by atoms with E-state index in [-0.39, 0.29) is 11.9 Å². The van der Waals surface area contributed by atoms with Crippen LogP contribution in [0.25, 0.3) is 5.52 Å². The third kappa shape index (κ3) is 2.81. The first-order valence-electron chi connectivity index (χ1n) is 7.19. The summed E-state index contributed by atoms with van der Waals surface area (Å²) < 4.78 is 1.96. The van der Waals surface area contributed by atoms with Gasteiger partial charge in [0.2, 0.25) is 5.95 Å². The summed E-state index contributed by atoms with van der Waals surface area (Å²) in [5, 5.41) is 2.68. The molecule has 1 N–H and O–H groups in total. The highest BCUT2D eigenvalue weighted by molar-refractivity contribution is 6.06. The Morgan fingerprint density at radius 1 is 1.23 bits per heavy atom. The molecule has 3 rings (SSSR count). The molecule has 0 bridgehead atoms. The summed E-state index contributed by atoms with van der Waals surface area (Å²) in [6.07, 6.45) is 5.90. The molecule has 0 unspecified atom stereocenters. The van der Waals surface area contributed by atoms with Gasteiger partial charge >= 0.3 is 0 Å². The Balaban J connectivity index is 1.98. The molecule has 3 heterocycles. The van der Waals surface area contributed by atoms with E-state index in [4.69, 9.17) is 0 Å². The Hall–Kier alpha value is -2.76. The molecule has 0 atom stereocenters. The fourth-order valence-corrected chi connectivity index (χ4v) is 2.30. The molecule has 0 spiro atoms. The van der Waals surface area contributed by atoms with Crippen LogP contribution in [-0.4, -0.2) is 25.3 Å². The number of rotatable bonds is 4. The molecule has 112 valence electrons. The molecule has 0 aromatic carbocycles. The van der Waals surface area contributed by atoms with Crippen LogP contribution in [-0.2, 0) is 6.42 Å². The number of hydrogen-bond donors (Lipinski definition) is 1. The van der Waals surface area contributed by atoms with Crippen molar-refractivity contribution in [1.29, 1.82) is 0 Å². The molecule has 3 aromatic rings. The smallest absolute Gasteiger partial charge is 0.278 e. The molecule has 1 amide bonds. The number of aromatic nitrogens is 4. The summed E-state index contributed by atoms with van der Waals surface area (Å²) in [5.74, 6) is 1.31. The standard InChI is InChI=1S/C16H17N5O/c1-11(2)10-13-19-14(12-6-3-4-9-21(12)13)15(22)20-16-17-7-5-8-18-16/h3-9,11H,10H2,1-2H3,(H,17,18,20,22). The van der Waals surface area contributed by atoms with E-state index in [1.807, 2.05) is 28.8 Å². The number of imidazole rings is 1. The van der Waals surface area contributed by atoms with Gasteiger partial charge in [0, 0.05) is 25.0 Å². The number of fused-ring (bicyclic) bond motifs is 1. The number of hydrogen-bond acceptors (Lipinski definition) is 4. The Morgan fingerprint density at radius 3 is 2.73 bits per heavy atom. The third-order valence-electron chi connectivity index (χ3n) is 3.22. The second-order valence-electron chi connectivity index (χ2n) is 5.46. The molecule has 3 aromatic heterocycles. The van der Waals surface area contributed by atoms with Gasteiger partial charge in [0.05, 0.1) is 5.52 Å². The first-order valence-corrected chi connectivity index (χ1v) is 7.19. The number of nitrogens with zero attached hydrogens (tertiary/aromatic N) is 4. The van der Waals surface area contributed by atoms with Crippen molar-refractivity contribution in [2.75, 3.05) is 5.32 Å². The Kier molecular flexibility index (Phi) is 3.82. The topological polar surface area (TPSA) is 72.2 Å². The predicted molar refractivity (Wildman–Crippen MR) is 83.7 cm³/mol. The quantitative estimate of drug-likeness (QED) is 0.803. The predicted octanol–water partition coefficient (Wildman–Crippen LogP) is 2.58. The minimum absolute atomic E-state index is 0.273. The van der Waals surface area contributed by atoms with Crippen molar-refractivity contribution in [3.8, 4) is 0 Å². The second kappa shape index (κ2) is 5.93.